The Kier molecular flexibility index (Phi) is 4.50. The van der Waals surface area contributed by atoms with Crippen molar-refractivity contribution in [1.29, 1.82) is 0 Å². The number of fused-ring (bicyclic) bond motifs is 1. The Hall–Kier alpha value is -3.75. The van der Waals surface area contributed by atoms with E-state index in [0.717, 1.165) is 18.9 Å². The third kappa shape index (κ3) is 3.20. The first-order valence-corrected chi connectivity index (χ1v) is 8.99. The van der Waals surface area contributed by atoms with Gasteiger partial charge in [-0.25, -0.2) is 9.18 Å². The number of carboxylic acids is 1. The first-order valence-electron chi connectivity index (χ1n) is 8.99. The van der Waals surface area contributed by atoms with Gasteiger partial charge in [-0.15, -0.1) is 0 Å². The number of nitro groups is 1. The molecule has 8 nitrogen and oxygen atoms in total. The smallest absolute Gasteiger partial charge is 0.341 e. The number of benzene rings is 2. The van der Waals surface area contributed by atoms with Gasteiger partial charge in [-0.3, -0.25) is 14.9 Å². The van der Waals surface area contributed by atoms with E-state index in [2.05, 4.69) is 0 Å². The average Bonchev–Trinajstić information content (AvgIpc) is 3.22. The van der Waals surface area contributed by atoms with Crippen molar-refractivity contribution in [2.24, 2.45) is 0 Å². The first kappa shape index (κ1) is 18.6. The van der Waals surface area contributed by atoms with Crippen molar-refractivity contribution in [2.45, 2.75) is 12.8 Å². The molecule has 2 heterocycles. The maximum Gasteiger partial charge on any atom is 0.341 e. The van der Waals surface area contributed by atoms with Gasteiger partial charge in [0.25, 0.3) is 5.69 Å². The Labute approximate surface area is 163 Å². The van der Waals surface area contributed by atoms with Crippen LogP contribution in [0.5, 0.6) is 0 Å². The van der Waals surface area contributed by atoms with Gasteiger partial charge in [0.2, 0.25) is 5.43 Å². The van der Waals surface area contributed by atoms with Gasteiger partial charge in [-0.1, -0.05) is 0 Å². The highest BCUT2D eigenvalue weighted by atomic mass is 19.1. The number of rotatable bonds is 4. The lowest BCUT2D eigenvalue weighted by molar-refractivity contribution is -0.384. The Morgan fingerprint density at radius 2 is 1.79 bits per heavy atom. The normalized spacial score (nSPS) is 13.8. The number of carboxylic acid groups (broad SMARTS) is 1. The zero-order chi connectivity index (χ0) is 20.7. The first-order chi connectivity index (χ1) is 13.9. The number of aromatic nitrogens is 1. The summed E-state index contributed by atoms with van der Waals surface area (Å²) in [4.78, 5) is 36.4. The van der Waals surface area contributed by atoms with Crippen LogP contribution in [0.25, 0.3) is 16.6 Å². The second kappa shape index (κ2) is 7.01. The van der Waals surface area contributed by atoms with Crippen LogP contribution in [0.1, 0.15) is 23.2 Å². The second-order valence-corrected chi connectivity index (χ2v) is 6.84. The molecule has 4 rings (SSSR count). The molecule has 1 aliphatic heterocycles. The van der Waals surface area contributed by atoms with Gasteiger partial charge in [0.15, 0.2) is 0 Å². The molecule has 1 aliphatic rings. The fourth-order valence-corrected chi connectivity index (χ4v) is 3.64. The van der Waals surface area contributed by atoms with Crippen LogP contribution in [-0.4, -0.2) is 33.7 Å². The molecule has 9 heteroatoms. The molecule has 1 fully saturated rings. The number of halogens is 1. The summed E-state index contributed by atoms with van der Waals surface area (Å²) in [6, 6.07) is 8.07. The summed E-state index contributed by atoms with van der Waals surface area (Å²) in [5, 5.41) is 20.3. The maximum atomic E-state index is 14.7. The van der Waals surface area contributed by atoms with E-state index in [1.807, 2.05) is 4.90 Å². The molecule has 0 saturated carbocycles. The highest BCUT2D eigenvalue weighted by Gasteiger charge is 2.21. The zero-order valence-electron chi connectivity index (χ0n) is 15.2. The Bertz CT molecular complexity index is 1200. The molecular formula is C20H16FN3O5. The van der Waals surface area contributed by atoms with Crippen LogP contribution in [0.4, 0.5) is 15.8 Å². The van der Waals surface area contributed by atoms with Crippen LogP contribution in [0, 0.1) is 15.9 Å². The minimum atomic E-state index is -1.43. The lowest BCUT2D eigenvalue weighted by atomic mass is 10.1. The molecule has 2 aromatic carbocycles. The van der Waals surface area contributed by atoms with E-state index in [9.17, 15) is 29.2 Å². The van der Waals surface area contributed by atoms with Gasteiger partial charge < -0.3 is 14.6 Å². The van der Waals surface area contributed by atoms with E-state index in [4.69, 9.17) is 0 Å². The van der Waals surface area contributed by atoms with E-state index in [0.29, 0.717) is 30.0 Å². The van der Waals surface area contributed by atoms with Crippen LogP contribution in [0.15, 0.2) is 47.4 Å². The third-order valence-corrected chi connectivity index (χ3v) is 5.09. The Morgan fingerprint density at radius 1 is 1.14 bits per heavy atom. The number of nitrogens with zero attached hydrogens (tertiary/aromatic N) is 3. The molecule has 0 aliphatic carbocycles. The van der Waals surface area contributed by atoms with E-state index in [-0.39, 0.29) is 11.1 Å². The van der Waals surface area contributed by atoms with Gasteiger partial charge >= 0.3 is 5.97 Å². The van der Waals surface area contributed by atoms with E-state index < -0.39 is 27.7 Å². The van der Waals surface area contributed by atoms with Crippen molar-refractivity contribution in [3.63, 3.8) is 0 Å². The van der Waals surface area contributed by atoms with Crippen molar-refractivity contribution in [3.05, 3.63) is 74.3 Å². The van der Waals surface area contributed by atoms with Crippen LogP contribution in [0.2, 0.25) is 0 Å². The third-order valence-electron chi connectivity index (χ3n) is 5.09. The molecular weight excluding hydrogens is 381 g/mol. The van der Waals surface area contributed by atoms with E-state index in [1.165, 1.54) is 41.1 Å². The highest BCUT2D eigenvalue weighted by Crippen LogP contribution is 2.29. The van der Waals surface area contributed by atoms with Gasteiger partial charge in [0, 0.05) is 42.5 Å². The molecule has 0 unspecified atom stereocenters. The number of hydrogen-bond acceptors (Lipinski definition) is 5. The number of aromatic carboxylic acids is 1. The highest BCUT2D eigenvalue weighted by molar-refractivity contribution is 5.94. The van der Waals surface area contributed by atoms with Crippen molar-refractivity contribution < 1.29 is 19.2 Å². The number of pyridine rings is 1. The predicted octanol–water partition coefficient (Wildman–Crippen LogP) is 3.34. The second-order valence-electron chi connectivity index (χ2n) is 6.84. The zero-order valence-corrected chi connectivity index (χ0v) is 15.2. The Balaban J connectivity index is 2.01. The maximum absolute atomic E-state index is 14.7. The average molecular weight is 397 g/mol. The largest absolute Gasteiger partial charge is 0.477 e. The lowest BCUT2D eigenvalue weighted by Crippen LogP contribution is -2.22. The number of carbonyl (C=O) groups is 1. The summed E-state index contributed by atoms with van der Waals surface area (Å²) < 4.78 is 16.2. The van der Waals surface area contributed by atoms with Gasteiger partial charge in [-0.05, 0) is 37.1 Å². The van der Waals surface area contributed by atoms with Gasteiger partial charge in [0.05, 0.1) is 16.1 Å². The van der Waals surface area contributed by atoms with Crippen LogP contribution < -0.4 is 10.3 Å². The molecule has 1 aromatic heterocycles. The summed E-state index contributed by atoms with van der Waals surface area (Å²) in [5.41, 5.74) is -0.324. The standard InChI is InChI=1S/C20H16FN3O5/c21-16-9-14-17(10-18(16)22-7-1-2-8-22)23(11-15(19(14)25)20(26)27)12-3-5-13(6-4-12)24(28)29/h3-6,9-11H,1-2,7-8H2,(H,26,27). The number of nitro benzene ring substituents is 1. The monoisotopic (exact) mass is 397 g/mol. The van der Waals surface area contributed by atoms with Gasteiger partial charge in [0.1, 0.15) is 11.4 Å². The predicted molar refractivity (Wildman–Crippen MR) is 105 cm³/mol. The molecule has 3 aromatic rings. The molecule has 0 bridgehead atoms. The summed E-state index contributed by atoms with van der Waals surface area (Å²) in [6.07, 6.45) is 3.04. The van der Waals surface area contributed by atoms with Gasteiger partial charge in [-0.2, -0.15) is 0 Å². The van der Waals surface area contributed by atoms with Crippen molar-refractivity contribution in [2.75, 3.05) is 18.0 Å². The molecule has 1 saturated heterocycles. The van der Waals surface area contributed by atoms with Crippen LogP contribution >= 0.6 is 0 Å². The minimum absolute atomic E-state index is 0.0660. The van der Waals surface area contributed by atoms with Crippen molar-refractivity contribution in [3.8, 4) is 5.69 Å². The summed E-state index contributed by atoms with van der Waals surface area (Å²) >= 11 is 0. The molecule has 0 spiro atoms. The number of anilines is 1. The lowest BCUT2D eigenvalue weighted by Gasteiger charge is -2.20. The number of non-ortho nitro benzene ring substituents is 1. The number of hydrogen-bond donors (Lipinski definition) is 1. The quantitative estimate of drug-likeness (QED) is 0.535. The molecule has 0 amide bonds. The Morgan fingerprint density at radius 3 is 2.38 bits per heavy atom. The summed E-state index contributed by atoms with van der Waals surface area (Å²) in [7, 11) is 0. The molecule has 0 radical (unpaired) electrons. The molecule has 1 N–H and O–H groups in total. The van der Waals surface area contributed by atoms with Crippen molar-refractivity contribution >= 4 is 28.2 Å². The summed E-state index contributed by atoms with van der Waals surface area (Å²) in [5.74, 6) is -2.02. The fourth-order valence-electron chi connectivity index (χ4n) is 3.64. The van der Waals surface area contributed by atoms with Crippen molar-refractivity contribution in [1.82, 2.24) is 4.57 Å². The molecule has 148 valence electrons. The van der Waals surface area contributed by atoms with E-state index in [1.54, 1.807) is 0 Å². The van der Waals surface area contributed by atoms with Crippen LogP contribution in [0.3, 0.4) is 0 Å². The fraction of sp³-hybridized carbons (Fsp3) is 0.200. The summed E-state index contributed by atoms with van der Waals surface area (Å²) in [6.45, 7) is 1.38. The molecule has 0 atom stereocenters. The van der Waals surface area contributed by atoms with Crippen LogP contribution in [-0.2, 0) is 0 Å². The topological polar surface area (TPSA) is 106 Å². The minimum Gasteiger partial charge on any atom is -0.477 e. The molecule has 29 heavy (non-hydrogen) atoms. The van der Waals surface area contributed by atoms with E-state index >= 15 is 0 Å². The SMILES string of the molecule is O=C(O)c1cn(-c2ccc([N+](=O)[O-])cc2)c2cc(N3CCCC3)c(F)cc2c1=O.